The molecule has 158 valence electrons. The molecule has 2 heterocycles. The zero-order valence-corrected chi connectivity index (χ0v) is 18.3. The van der Waals surface area contributed by atoms with Gasteiger partial charge >= 0.3 is 0 Å². The van der Waals surface area contributed by atoms with Crippen molar-refractivity contribution in [1.82, 2.24) is 15.0 Å². The van der Waals surface area contributed by atoms with Crippen molar-refractivity contribution in [3.05, 3.63) is 46.2 Å². The Bertz CT molecular complexity index is 939. The fraction of sp³-hybridized carbons (Fsp3) is 0.478. The van der Waals surface area contributed by atoms with Crippen LogP contribution >= 0.6 is 11.6 Å². The predicted octanol–water partition coefficient (Wildman–Crippen LogP) is 4.07. The lowest BCUT2D eigenvalue weighted by molar-refractivity contribution is -0.166. The van der Waals surface area contributed by atoms with Crippen LogP contribution in [-0.4, -0.2) is 46.8 Å². The van der Waals surface area contributed by atoms with E-state index < -0.39 is 5.92 Å². The number of rotatable bonds is 3. The molecule has 0 radical (unpaired) electrons. The second kappa shape index (κ2) is 8.17. The summed E-state index contributed by atoms with van der Waals surface area (Å²) >= 11 is 5.89. The molecule has 0 bridgehead atoms. The average molecular weight is 428 g/mol. The van der Waals surface area contributed by atoms with Gasteiger partial charge in [0.05, 0.1) is 12.1 Å². The molecule has 0 amide bonds. The Balaban J connectivity index is 1.61. The molecule has 7 heteroatoms. The first-order chi connectivity index (χ1) is 14.3. The number of aromatic nitrogens is 2. The summed E-state index contributed by atoms with van der Waals surface area (Å²) in [6.07, 6.45) is 5.67. The number of benzene rings is 1. The first-order valence-corrected chi connectivity index (χ1v) is 10.6. The van der Waals surface area contributed by atoms with E-state index in [2.05, 4.69) is 9.97 Å². The highest BCUT2D eigenvalue weighted by molar-refractivity contribution is 6.30. The zero-order valence-electron chi connectivity index (χ0n) is 17.6. The van der Waals surface area contributed by atoms with E-state index >= 15 is 0 Å². The van der Waals surface area contributed by atoms with Crippen LogP contribution in [0.25, 0.3) is 11.4 Å². The highest BCUT2D eigenvalue weighted by Gasteiger charge is 2.47. The molecule has 1 saturated heterocycles. The van der Waals surface area contributed by atoms with E-state index in [1.807, 2.05) is 31.0 Å². The first-order valence-electron chi connectivity index (χ1n) is 10.3. The number of piperidine rings is 1. The van der Waals surface area contributed by atoms with Crippen LogP contribution < -0.4 is 0 Å². The maximum Gasteiger partial charge on any atom is 0.159 e. The van der Waals surface area contributed by atoms with Gasteiger partial charge in [-0.05, 0) is 60.9 Å². The lowest BCUT2D eigenvalue weighted by Crippen LogP contribution is -2.46. The summed E-state index contributed by atoms with van der Waals surface area (Å²) in [7, 11) is 1.66. The molecule has 0 atom stereocenters. The van der Waals surface area contributed by atoms with Crippen molar-refractivity contribution in [1.29, 1.82) is 0 Å². The van der Waals surface area contributed by atoms with Crippen molar-refractivity contribution in [2.45, 2.75) is 45.4 Å². The second-order valence-corrected chi connectivity index (χ2v) is 9.02. The molecular weight excluding hydrogens is 402 g/mol. The summed E-state index contributed by atoms with van der Waals surface area (Å²) in [6, 6.07) is 3.90. The van der Waals surface area contributed by atoms with Gasteiger partial charge in [-0.15, -0.1) is 0 Å². The number of hydroxylamine groups is 2. The minimum Gasteiger partial charge on any atom is -0.302 e. The van der Waals surface area contributed by atoms with E-state index in [-0.39, 0.29) is 17.0 Å². The van der Waals surface area contributed by atoms with Gasteiger partial charge < -0.3 is 4.84 Å². The number of hydrogen-bond acceptors (Lipinski definition) is 6. The maximum absolute atomic E-state index is 13.2. The zero-order chi connectivity index (χ0) is 21.5. The van der Waals surface area contributed by atoms with Gasteiger partial charge in [-0.2, -0.15) is 5.06 Å². The average Bonchev–Trinajstić information content (AvgIpc) is 2.70. The first kappa shape index (κ1) is 21.1. The van der Waals surface area contributed by atoms with Crippen LogP contribution in [0.4, 0.5) is 0 Å². The Morgan fingerprint density at radius 2 is 1.57 bits per heavy atom. The van der Waals surface area contributed by atoms with Crippen molar-refractivity contribution >= 4 is 23.2 Å². The molecular formula is C23H26ClN3O3. The Kier molecular flexibility index (Phi) is 5.75. The number of aryl methyl sites for hydroxylation is 2. The number of halogens is 1. The highest BCUT2D eigenvalue weighted by Crippen LogP contribution is 2.46. The minimum absolute atomic E-state index is 0.0406. The van der Waals surface area contributed by atoms with Crippen LogP contribution in [0.3, 0.4) is 0 Å². The van der Waals surface area contributed by atoms with Gasteiger partial charge in [0.25, 0.3) is 0 Å². The molecule has 2 fully saturated rings. The summed E-state index contributed by atoms with van der Waals surface area (Å²) in [5.41, 5.74) is 3.32. The van der Waals surface area contributed by atoms with Crippen molar-refractivity contribution in [3.8, 4) is 11.4 Å². The number of carbonyl (C=O) groups excluding carboxylic acids is 2. The maximum atomic E-state index is 13.2. The number of nitrogens with zero attached hydrogens (tertiary/aromatic N) is 3. The third-order valence-electron chi connectivity index (χ3n) is 6.54. The van der Waals surface area contributed by atoms with Gasteiger partial charge in [0.15, 0.2) is 5.82 Å². The largest absolute Gasteiger partial charge is 0.302 e. The fourth-order valence-electron chi connectivity index (χ4n) is 5.02. The van der Waals surface area contributed by atoms with Gasteiger partial charge in [0, 0.05) is 43.9 Å². The van der Waals surface area contributed by atoms with Crippen molar-refractivity contribution in [2.75, 3.05) is 20.2 Å². The molecule has 2 aliphatic rings. The van der Waals surface area contributed by atoms with Crippen LogP contribution in [0.2, 0.25) is 5.02 Å². The second-order valence-electron chi connectivity index (χ2n) is 8.58. The topological polar surface area (TPSA) is 72.4 Å². The number of carbonyl (C=O) groups is 2. The normalized spacial score (nSPS) is 20.1. The molecule has 1 aliphatic carbocycles. The lowest BCUT2D eigenvalue weighted by atomic mass is 9.63. The molecule has 6 nitrogen and oxygen atoms in total. The number of hydrogen-bond donors (Lipinski definition) is 0. The number of Topliss-reactive ketones (excluding diaryl/α,β-unsaturated/α-hetero) is 2. The molecule has 1 aromatic heterocycles. The molecule has 0 unspecified atom stereocenters. The van der Waals surface area contributed by atoms with E-state index in [9.17, 15) is 9.59 Å². The highest BCUT2D eigenvalue weighted by atomic mass is 35.5. The Morgan fingerprint density at radius 3 is 2.07 bits per heavy atom. The van der Waals surface area contributed by atoms with E-state index in [0.29, 0.717) is 23.7 Å². The van der Waals surface area contributed by atoms with Crippen molar-refractivity contribution in [3.63, 3.8) is 0 Å². The van der Waals surface area contributed by atoms with E-state index in [1.165, 1.54) is 0 Å². The Hall–Kier alpha value is -2.15. The number of ketones is 2. The van der Waals surface area contributed by atoms with Gasteiger partial charge in [0.1, 0.15) is 17.5 Å². The van der Waals surface area contributed by atoms with Crippen molar-refractivity contribution in [2.24, 2.45) is 5.41 Å². The van der Waals surface area contributed by atoms with Crippen LogP contribution in [-0.2, 0) is 14.4 Å². The molecule has 4 rings (SSSR count). The summed E-state index contributed by atoms with van der Waals surface area (Å²) in [5, 5.41) is 2.38. The lowest BCUT2D eigenvalue weighted by Gasteiger charge is -2.44. The van der Waals surface area contributed by atoms with Gasteiger partial charge in [-0.25, -0.2) is 9.97 Å². The van der Waals surface area contributed by atoms with E-state index in [0.717, 1.165) is 48.2 Å². The molecule has 0 N–H and O–H groups in total. The summed E-state index contributed by atoms with van der Waals surface area (Å²) in [4.78, 5) is 40.3. The van der Waals surface area contributed by atoms with Crippen LogP contribution in [0.15, 0.2) is 24.5 Å². The molecule has 30 heavy (non-hydrogen) atoms. The third kappa shape index (κ3) is 3.92. The minimum atomic E-state index is -0.670. The van der Waals surface area contributed by atoms with E-state index in [1.54, 1.807) is 19.5 Å². The third-order valence-corrected chi connectivity index (χ3v) is 6.74. The predicted molar refractivity (Wildman–Crippen MR) is 114 cm³/mol. The van der Waals surface area contributed by atoms with Gasteiger partial charge in [0.2, 0.25) is 0 Å². The molecule has 1 aromatic carbocycles. The molecule has 2 aromatic rings. The van der Waals surface area contributed by atoms with Crippen LogP contribution in [0.1, 0.15) is 48.3 Å². The smallest absolute Gasteiger partial charge is 0.159 e. The van der Waals surface area contributed by atoms with Gasteiger partial charge in [-0.1, -0.05) is 11.6 Å². The van der Waals surface area contributed by atoms with Crippen molar-refractivity contribution < 1.29 is 14.4 Å². The SMILES string of the molecule is CON1CCC2(CC1)CC(=O)C(c1c(C)cc(-c3ncc(Cl)cn3)cc1C)C(=O)C2. The van der Waals surface area contributed by atoms with E-state index in [4.69, 9.17) is 16.4 Å². The summed E-state index contributed by atoms with van der Waals surface area (Å²) < 4.78 is 0. The Labute approximate surface area is 181 Å². The standard InChI is InChI=1S/C23H26ClN3O3/c1-14-8-16(22-25-12-17(24)13-26-22)9-15(2)20(14)21-18(28)10-23(11-19(21)29)4-6-27(30-3)7-5-23/h8-9,12-13,21H,4-7,10-11H2,1-3H3. The van der Waals surface area contributed by atoms with Crippen LogP contribution in [0.5, 0.6) is 0 Å². The Morgan fingerprint density at radius 1 is 1.03 bits per heavy atom. The summed E-state index contributed by atoms with van der Waals surface area (Å²) in [6.45, 7) is 5.42. The quantitative estimate of drug-likeness (QED) is 0.687. The fourth-order valence-corrected chi connectivity index (χ4v) is 5.12. The van der Waals surface area contributed by atoms with Gasteiger partial charge in [-0.3, -0.25) is 9.59 Å². The molecule has 1 spiro atoms. The van der Waals surface area contributed by atoms with Crippen LogP contribution in [0, 0.1) is 19.3 Å². The monoisotopic (exact) mass is 427 g/mol. The molecule has 1 saturated carbocycles. The molecule has 1 aliphatic heterocycles. The summed E-state index contributed by atoms with van der Waals surface area (Å²) in [5.74, 6) is -0.0174.